The molecule has 2 aliphatic heterocycles. The van der Waals surface area contributed by atoms with Crippen LogP contribution in [0.5, 0.6) is 5.75 Å². The van der Waals surface area contributed by atoms with Crippen LogP contribution in [0.25, 0.3) is 11.3 Å². The third kappa shape index (κ3) is 8.71. The van der Waals surface area contributed by atoms with Gasteiger partial charge >= 0.3 is 12.4 Å². The molecule has 12 nitrogen and oxygen atoms in total. The van der Waals surface area contributed by atoms with Crippen LogP contribution in [0, 0.1) is 17.0 Å². The highest BCUT2D eigenvalue weighted by molar-refractivity contribution is 6.23. The molecule has 0 bridgehead atoms. The number of carbonyl (C=O) groups excluding carboxylic acids is 2. The van der Waals surface area contributed by atoms with Crippen molar-refractivity contribution in [2.24, 2.45) is 5.41 Å². The van der Waals surface area contributed by atoms with Gasteiger partial charge in [0.05, 0.1) is 43.4 Å². The molecule has 5 rings (SSSR count). The Labute approximate surface area is 303 Å². The number of pyridine rings is 1. The molecule has 2 N–H and O–H groups in total. The topological polar surface area (TPSA) is 133 Å². The first kappa shape index (κ1) is 40.2. The minimum absolute atomic E-state index is 0.0555. The number of anilines is 1. The third-order valence-electron chi connectivity index (χ3n) is 8.60. The van der Waals surface area contributed by atoms with Gasteiger partial charge in [0.25, 0.3) is 11.8 Å². The van der Waals surface area contributed by atoms with Gasteiger partial charge in [-0.25, -0.2) is 19.4 Å². The molecule has 20 heteroatoms. The fourth-order valence-corrected chi connectivity index (χ4v) is 5.99. The van der Waals surface area contributed by atoms with Crippen molar-refractivity contribution < 1.29 is 59.3 Å². The van der Waals surface area contributed by atoms with E-state index in [4.69, 9.17) is 9.47 Å². The Hall–Kier alpha value is -4.95. The molecule has 4 heterocycles. The number of hydrazine groups is 1. The highest BCUT2D eigenvalue weighted by Gasteiger charge is 2.46. The molecule has 0 unspecified atom stereocenters. The number of likely N-dealkylation sites (N-methyl/N-ethyl adjacent to an activating group) is 1. The molecular weight excluding hydrogens is 738 g/mol. The van der Waals surface area contributed by atoms with E-state index < -0.39 is 88.0 Å². The van der Waals surface area contributed by atoms with Gasteiger partial charge in [-0.3, -0.25) is 24.5 Å². The van der Waals surface area contributed by atoms with Crippen LogP contribution in [0.1, 0.15) is 37.9 Å². The summed E-state index contributed by atoms with van der Waals surface area (Å²) in [6.45, 7) is 7.20. The van der Waals surface area contributed by atoms with Crippen molar-refractivity contribution in [1.82, 2.24) is 29.9 Å². The van der Waals surface area contributed by atoms with E-state index in [2.05, 4.69) is 20.3 Å². The number of nitrogens with zero attached hydrogens (tertiary/aromatic N) is 6. The van der Waals surface area contributed by atoms with Crippen molar-refractivity contribution in [3.8, 4) is 17.0 Å². The highest BCUT2D eigenvalue weighted by atomic mass is 19.4. The zero-order chi connectivity index (χ0) is 39.7. The van der Waals surface area contributed by atoms with E-state index >= 15 is 8.78 Å². The first-order valence-corrected chi connectivity index (χ1v) is 16.3. The molecule has 2 aromatic heterocycles. The lowest BCUT2D eigenvalue weighted by atomic mass is 9.82. The van der Waals surface area contributed by atoms with Crippen LogP contribution in [0.3, 0.4) is 0 Å². The smallest absolute Gasteiger partial charge is 0.451 e. The summed E-state index contributed by atoms with van der Waals surface area (Å²) in [6, 6.07) is 2.50. The zero-order valence-electron chi connectivity index (χ0n) is 29.3. The van der Waals surface area contributed by atoms with Gasteiger partial charge in [-0.1, -0.05) is 26.8 Å². The molecule has 2 aliphatic rings. The van der Waals surface area contributed by atoms with Gasteiger partial charge < -0.3 is 19.9 Å². The van der Waals surface area contributed by atoms with Gasteiger partial charge in [0.15, 0.2) is 11.6 Å². The summed E-state index contributed by atoms with van der Waals surface area (Å²) in [6.07, 6.45) is -8.87. The number of halogens is 8. The number of amides is 2. The van der Waals surface area contributed by atoms with Crippen molar-refractivity contribution in [2.45, 2.75) is 45.7 Å². The SMILES string of the molecule is CN1[C@@H](C(C)(C)C)C(O)=C(C(=O)Nc2cnc(C(F)(F)F)nc2-c2ccc(C(F)(F)F)nc2)C(=O)N1Cc1ccc(OCCN2CCOCC2)c(F)c1F. The van der Waals surface area contributed by atoms with Crippen LogP contribution in [0.4, 0.5) is 40.8 Å². The minimum atomic E-state index is -5.11. The van der Waals surface area contributed by atoms with E-state index in [9.17, 15) is 41.0 Å². The third-order valence-corrected chi connectivity index (χ3v) is 8.60. The van der Waals surface area contributed by atoms with Gasteiger partial charge in [-0.05, 0) is 23.6 Å². The number of hydrogen-bond acceptors (Lipinski definition) is 10. The number of carbonyl (C=O) groups is 2. The molecule has 1 fully saturated rings. The monoisotopic (exact) mass is 773 g/mol. The fraction of sp³-hybridized carbons (Fsp3) is 0.441. The summed E-state index contributed by atoms with van der Waals surface area (Å²) < 4.78 is 122. The number of hydrogen-bond donors (Lipinski definition) is 2. The number of alkyl halides is 6. The number of aromatic nitrogens is 3. The Balaban J connectivity index is 1.45. The van der Waals surface area contributed by atoms with Gasteiger partial charge in [0.1, 0.15) is 23.6 Å². The van der Waals surface area contributed by atoms with E-state index in [-0.39, 0.29) is 23.5 Å². The highest BCUT2D eigenvalue weighted by Crippen LogP contribution is 2.38. The molecule has 1 atom stereocenters. The molecule has 2 amide bonds. The number of aliphatic hydroxyl groups is 1. The number of rotatable bonds is 9. The van der Waals surface area contributed by atoms with Crippen LogP contribution in [0.15, 0.2) is 48.0 Å². The zero-order valence-corrected chi connectivity index (χ0v) is 29.3. The Bertz CT molecular complexity index is 1910. The van der Waals surface area contributed by atoms with E-state index in [0.29, 0.717) is 51.3 Å². The number of nitrogens with one attached hydrogen (secondary N) is 1. The van der Waals surface area contributed by atoms with Crippen LogP contribution in [-0.2, 0) is 33.2 Å². The number of aliphatic hydroxyl groups excluding tert-OH is 1. The van der Waals surface area contributed by atoms with Crippen molar-refractivity contribution in [3.63, 3.8) is 0 Å². The first-order chi connectivity index (χ1) is 25.2. The number of morpholine rings is 1. The molecule has 3 aromatic rings. The first-order valence-electron chi connectivity index (χ1n) is 16.3. The predicted octanol–water partition coefficient (Wildman–Crippen LogP) is 5.62. The van der Waals surface area contributed by atoms with Gasteiger partial charge in [-0.2, -0.15) is 30.7 Å². The molecule has 0 radical (unpaired) electrons. The lowest BCUT2D eigenvalue weighted by molar-refractivity contribution is -0.158. The molecule has 1 aromatic carbocycles. The van der Waals surface area contributed by atoms with Crippen LogP contribution >= 0.6 is 0 Å². The van der Waals surface area contributed by atoms with E-state index in [1.807, 2.05) is 4.90 Å². The maximum atomic E-state index is 15.5. The summed E-state index contributed by atoms with van der Waals surface area (Å²) in [7, 11) is 1.37. The van der Waals surface area contributed by atoms with Crippen molar-refractivity contribution in [3.05, 3.63) is 76.7 Å². The molecule has 0 aliphatic carbocycles. The second-order valence-electron chi connectivity index (χ2n) is 13.5. The van der Waals surface area contributed by atoms with E-state index in [0.717, 1.165) is 11.1 Å². The molecular formula is C34H35F8N7O5. The fourth-order valence-electron chi connectivity index (χ4n) is 5.99. The largest absolute Gasteiger partial charge is 0.509 e. The number of benzene rings is 1. The molecule has 0 saturated carbocycles. The van der Waals surface area contributed by atoms with Crippen molar-refractivity contribution in [1.29, 1.82) is 0 Å². The molecule has 54 heavy (non-hydrogen) atoms. The second kappa shape index (κ2) is 15.4. The van der Waals surface area contributed by atoms with Gasteiger partial charge in [0, 0.05) is 44.0 Å². The summed E-state index contributed by atoms with van der Waals surface area (Å²) in [5, 5.41) is 15.7. The van der Waals surface area contributed by atoms with Crippen LogP contribution in [0.2, 0.25) is 0 Å². The Kier molecular flexibility index (Phi) is 11.5. The minimum Gasteiger partial charge on any atom is -0.509 e. The van der Waals surface area contributed by atoms with Gasteiger partial charge in [0.2, 0.25) is 11.6 Å². The predicted molar refractivity (Wildman–Crippen MR) is 174 cm³/mol. The average Bonchev–Trinajstić information content (AvgIpc) is 3.08. The molecule has 1 saturated heterocycles. The molecule has 0 spiro atoms. The normalized spacial score (nSPS) is 18.0. The Morgan fingerprint density at radius 3 is 2.26 bits per heavy atom. The van der Waals surface area contributed by atoms with Gasteiger partial charge in [-0.15, -0.1) is 0 Å². The summed E-state index contributed by atoms with van der Waals surface area (Å²) >= 11 is 0. The Morgan fingerprint density at radius 2 is 1.67 bits per heavy atom. The van der Waals surface area contributed by atoms with E-state index in [1.54, 1.807) is 20.8 Å². The number of ether oxygens (including phenoxy) is 2. The van der Waals surface area contributed by atoms with Crippen LogP contribution < -0.4 is 10.1 Å². The standard InChI is InChI=1S/C34H35F8N7O5/c1-32(2,3)28-27(50)23(29(51)45-20-16-44-31(34(40,41)42)46-26(20)18-6-8-22(43-15-18)33(37,38)39)30(52)49(47(28)4)17-19-5-7-21(25(36)24(19)35)54-14-11-48-9-12-53-13-10-48/h5-8,15-16,28,50H,9-14,17H2,1-4H3,(H,45,51)/t28-/m1/s1. The lowest BCUT2D eigenvalue weighted by Gasteiger charge is -2.46. The summed E-state index contributed by atoms with van der Waals surface area (Å²) in [5.74, 6) is -8.06. The maximum Gasteiger partial charge on any atom is 0.451 e. The molecule has 292 valence electrons. The van der Waals surface area contributed by atoms with Crippen molar-refractivity contribution in [2.75, 3.05) is 51.8 Å². The Morgan fingerprint density at radius 1 is 0.981 bits per heavy atom. The quantitative estimate of drug-likeness (QED) is 0.209. The van der Waals surface area contributed by atoms with E-state index in [1.165, 1.54) is 24.2 Å². The second-order valence-corrected chi connectivity index (χ2v) is 13.5. The lowest BCUT2D eigenvalue weighted by Crippen LogP contribution is -2.59. The average molecular weight is 774 g/mol. The van der Waals surface area contributed by atoms with Crippen molar-refractivity contribution >= 4 is 17.5 Å². The van der Waals surface area contributed by atoms with Crippen LogP contribution in [-0.4, -0.2) is 99.3 Å². The summed E-state index contributed by atoms with van der Waals surface area (Å²) in [5.41, 5.74) is -5.20. The maximum absolute atomic E-state index is 15.5. The summed E-state index contributed by atoms with van der Waals surface area (Å²) in [4.78, 5) is 39.6.